The molecule has 0 N–H and O–H groups in total. The van der Waals surface area contributed by atoms with Crippen LogP contribution < -0.4 is 0 Å². The first kappa shape index (κ1) is 13.6. The molecule has 1 heterocycles. The molecule has 3 rings (SSSR count). The summed E-state index contributed by atoms with van der Waals surface area (Å²) in [4.78, 5) is 4.70. The third-order valence-corrected chi connectivity index (χ3v) is 4.19. The molecule has 0 fully saturated rings. The van der Waals surface area contributed by atoms with Crippen molar-refractivity contribution in [3.8, 4) is 12.3 Å². The lowest BCUT2D eigenvalue weighted by Gasteiger charge is -2.28. The molecule has 0 saturated heterocycles. The number of aromatic nitrogens is 1. The number of aryl methyl sites for hydroxylation is 1. The highest BCUT2D eigenvalue weighted by atomic mass is 14.7. The van der Waals surface area contributed by atoms with Gasteiger partial charge in [0.2, 0.25) is 0 Å². The fraction of sp³-hybridized carbons (Fsp3) is 0.250. The molecular formula is C20H19N. The lowest BCUT2D eigenvalue weighted by atomic mass is 9.76. The number of hydrogen-bond acceptors (Lipinski definition) is 1. The fourth-order valence-corrected chi connectivity index (χ4v) is 3.05. The van der Waals surface area contributed by atoms with Gasteiger partial charge in [-0.2, -0.15) is 0 Å². The molecule has 0 bridgehead atoms. The van der Waals surface area contributed by atoms with Crippen LogP contribution in [-0.4, -0.2) is 4.98 Å². The number of terminal acetylenes is 1. The Morgan fingerprint density at radius 2 is 1.90 bits per heavy atom. The summed E-state index contributed by atoms with van der Waals surface area (Å²) in [7, 11) is 0. The van der Waals surface area contributed by atoms with E-state index in [2.05, 4.69) is 54.5 Å². The molecule has 0 amide bonds. The van der Waals surface area contributed by atoms with Gasteiger partial charge in [0.25, 0.3) is 0 Å². The van der Waals surface area contributed by atoms with E-state index < -0.39 is 0 Å². The van der Waals surface area contributed by atoms with Crippen molar-refractivity contribution in [1.82, 2.24) is 4.98 Å². The number of benzene rings is 1. The fourth-order valence-electron chi connectivity index (χ4n) is 3.05. The lowest BCUT2D eigenvalue weighted by Crippen LogP contribution is -2.17. The maximum absolute atomic E-state index is 5.75. The van der Waals surface area contributed by atoms with E-state index in [1.807, 2.05) is 13.0 Å². The third kappa shape index (κ3) is 2.90. The molecule has 1 aromatic heterocycles. The molecule has 1 heteroatoms. The molecule has 2 atom stereocenters. The van der Waals surface area contributed by atoms with Crippen LogP contribution >= 0.6 is 0 Å². The van der Waals surface area contributed by atoms with E-state index in [0.717, 1.165) is 24.2 Å². The van der Waals surface area contributed by atoms with E-state index >= 15 is 0 Å². The van der Waals surface area contributed by atoms with Crippen molar-refractivity contribution in [2.75, 3.05) is 0 Å². The van der Waals surface area contributed by atoms with Crippen LogP contribution in [0, 0.1) is 25.2 Å². The van der Waals surface area contributed by atoms with Crippen LogP contribution in [0.1, 0.15) is 35.7 Å². The summed E-state index contributed by atoms with van der Waals surface area (Å²) < 4.78 is 0. The minimum Gasteiger partial charge on any atom is -0.258 e. The van der Waals surface area contributed by atoms with E-state index in [-0.39, 0.29) is 5.92 Å². The second-order valence-electron chi connectivity index (χ2n) is 5.62. The molecule has 0 radical (unpaired) electrons. The summed E-state index contributed by atoms with van der Waals surface area (Å²) in [6.45, 7) is 2.03. The Labute approximate surface area is 126 Å². The monoisotopic (exact) mass is 273 g/mol. The zero-order chi connectivity index (χ0) is 14.7. The molecule has 1 aliphatic carbocycles. The molecule has 1 aliphatic rings. The molecule has 1 aromatic carbocycles. The van der Waals surface area contributed by atoms with E-state index in [9.17, 15) is 0 Å². The third-order valence-electron chi connectivity index (χ3n) is 4.19. The van der Waals surface area contributed by atoms with Crippen molar-refractivity contribution >= 4 is 5.57 Å². The van der Waals surface area contributed by atoms with Crippen molar-refractivity contribution in [1.29, 1.82) is 0 Å². The van der Waals surface area contributed by atoms with Crippen molar-refractivity contribution in [3.63, 3.8) is 0 Å². The Bertz CT molecular complexity index is 691. The van der Waals surface area contributed by atoms with Gasteiger partial charge in [0, 0.05) is 23.2 Å². The molecule has 1 unspecified atom stereocenters. The Morgan fingerprint density at radius 3 is 2.62 bits per heavy atom. The van der Waals surface area contributed by atoms with Gasteiger partial charge in [0.1, 0.15) is 0 Å². The summed E-state index contributed by atoms with van der Waals surface area (Å²) in [5.41, 5.74) is 4.86. The SMILES string of the molecule is C#C[C@@H]1CC=C(c2ccccc2)CC1c1cccc(C)n1. The highest BCUT2D eigenvalue weighted by molar-refractivity contribution is 5.67. The Kier molecular flexibility index (Phi) is 3.88. The topological polar surface area (TPSA) is 12.9 Å². The van der Waals surface area contributed by atoms with Crippen LogP contribution in [0.25, 0.3) is 5.57 Å². The Hall–Kier alpha value is -2.33. The summed E-state index contributed by atoms with van der Waals surface area (Å²) in [6, 6.07) is 16.8. The zero-order valence-electron chi connectivity index (χ0n) is 12.3. The minimum absolute atomic E-state index is 0.242. The second kappa shape index (κ2) is 5.97. The van der Waals surface area contributed by atoms with Crippen molar-refractivity contribution < 1.29 is 0 Å². The zero-order valence-corrected chi connectivity index (χ0v) is 12.3. The number of nitrogens with zero attached hydrogens (tertiary/aromatic N) is 1. The predicted molar refractivity (Wildman–Crippen MR) is 87.7 cm³/mol. The van der Waals surface area contributed by atoms with Gasteiger partial charge < -0.3 is 0 Å². The lowest BCUT2D eigenvalue weighted by molar-refractivity contribution is 0.508. The average molecular weight is 273 g/mol. The first-order chi connectivity index (χ1) is 10.3. The molecular weight excluding hydrogens is 254 g/mol. The first-order valence-corrected chi connectivity index (χ1v) is 7.42. The molecule has 21 heavy (non-hydrogen) atoms. The number of allylic oxidation sites excluding steroid dienone is 2. The first-order valence-electron chi connectivity index (χ1n) is 7.42. The molecule has 0 saturated carbocycles. The van der Waals surface area contributed by atoms with Crippen LogP contribution in [-0.2, 0) is 0 Å². The largest absolute Gasteiger partial charge is 0.258 e. The number of rotatable bonds is 2. The molecule has 2 aromatic rings. The maximum atomic E-state index is 5.75. The molecule has 0 aliphatic heterocycles. The van der Waals surface area contributed by atoms with Gasteiger partial charge in [-0.05, 0) is 43.0 Å². The standard InChI is InChI=1S/C20H19N/c1-3-16-12-13-18(17-9-5-4-6-10-17)14-19(16)20-11-7-8-15(2)21-20/h1,4-11,13,16,19H,12,14H2,2H3/t16-,19?/m1/s1. The van der Waals surface area contributed by atoms with Crippen LogP contribution in [0.4, 0.5) is 0 Å². The van der Waals surface area contributed by atoms with Gasteiger partial charge in [-0.3, -0.25) is 4.98 Å². The maximum Gasteiger partial charge on any atom is 0.0453 e. The van der Waals surface area contributed by atoms with Gasteiger partial charge >= 0.3 is 0 Å². The minimum atomic E-state index is 0.242. The van der Waals surface area contributed by atoms with Gasteiger partial charge in [0.15, 0.2) is 0 Å². The van der Waals surface area contributed by atoms with Crippen LogP contribution in [0.15, 0.2) is 54.6 Å². The van der Waals surface area contributed by atoms with Gasteiger partial charge in [-0.25, -0.2) is 0 Å². The van der Waals surface area contributed by atoms with Crippen molar-refractivity contribution in [2.45, 2.75) is 25.7 Å². The van der Waals surface area contributed by atoms with E-state index in [1.54, 1.807) is 0 Å². The second-order valence-corrected chi connectivity index (χ2v) is 5.62. The Balaban J connectivity index is 1.94. The Morgan fingerprint density at radius 1 is 1.10 bits per heavy atom. The smallest absolute Gasteiger partial charge is 0.0453 e. The van der Waals surface area contributed by atoms with Crippen LogP contribution in [0.2, 0.25) is 0 Å². The summed E-state index contributed by atoms with van der Waals surface area (Å²) in [5, 5.41) is 0. The highest BCUT2D eigenvalue weighted by Gasteiger charge is 2.27. The van der Waals surface area contributed by atoms with Gasteiger partial charge in [-0.1, -0.05) is 42.5 Å². The van der Waals surface area contributed by atoms with Gasteiger partial charge in [-0.15, -0.1) is 12.3 Å². The predicted octanol–water partition coefficient (Wildman–Crippen LogP) is 4.60. The number of pyridine rings is 1. The summed E-state index contributed by atoms with van der Waals surface area (Å²) in [5.74, 6) is 3.52. The molecule has 1 nitrogen and oxygen atoms in total. The molecule has 0 spiro atoms. The van der Waals surface area contributed by atoms with Gasteiger partial charge in [0.05, 0.1) is 0 Å². The molecule has 104 valence electrons. The van der Waals surface area contributed by atoms with E-state index in [4.69, 9.17) is 11.4 Å². The summed E-state index contributed by atoms with van der Waals surface area (Å²) >= 11 is 0. The van der Waals surface area contributed by atoms with Crippen molar-refractivity contribution in [3.05, 3.63) is 71.6 Å². The number of hydrogen-bond donors (Lipinski definition) is 0. The quantitative estimate of drug-likeness (QED) is 0.729. The van der Waals surface area contributed by atoms with Crippen LogP contribution in [0.3, 0.4) is 0 Å². The highest BCUT2D eigenvalue weighted by Crippen LogP contribution is 2.40. The van der Waals surface area contributed by atoms with Crippen molar-refractivity contribution in [2.24, 2.45) is 5.92 Å². The average Bonchev–Trinajstić information content (AvgIpc) is 2.55. The summed E-state index contributed by atoms with van der Waals surface area (Å²) in [6.07, 6.45) is 9.94. The van der Waals surface area contributed by atoms with Crippen LogP contribution in [0.5, 0.6) is 0 Å². The normalized spacial score (nSPS) is 21.4. The van der Waals surface area contributed by atoms with E-state index in [0.29, 0.717) is 5.92 Å². The van der Waals surface area contributed by atoms with E-state index in [1.165, 1.54) is 11.1 Å².